The van der Waals surface area contributed by atoms with Crippen molar-refractivity contribution < 1.29 is 9.18 Å². The van der Waals surface area contributed by atoms with E-state index in [1.807, 2.05) is 13.8 Å². The topological polar surface area (TPSA) is 20.3 Å². The highest BCUT2D eigenvalue weighted by Gasteiger charge is 2.34. The normalized spacial score (nSPS) is 17.2. The maximum Gasteiger partial charge on any atom is 0.156 e. The molecule has 0 amide bonds. The fraction of sp³-hybridized carbons (Fsp3) is 0.562. The molecule has 1 saturated heterocycles. The third-order valence-corrected chi connectivity index (χ3v) is 4.63. The summed E-state index contributed by atoms with van der Waals surface area (Å²) >= 11 is 5.93. The molecular weight excluding hydrogens is 277 g/mol. The minimum Gasteiger partial charge on any atom is -0.297 e. The number of rotatable bonds is 4. The van der Waals surface area contributed by atoms with Crippen LogP contribution in [-0.2, 0) is 11.2 Å². The molecule has 0 aliphatic carbocycles. The number of Topliss-reactive ketones (excluding diaryl/α,β-unsaturated/α-hetero) is 1. The summed E-state index contributed by atoms with van der Waals surface area (Å²) < 4.78 is 13.4. The molecule has 1 aliphatic heterocycles. The van der Waals surface area contributed by atoms with Crippen molar-refractivity contribution in [1.29, 1.82) is 0 Å². The van der Waals surface area contributed by atoms with Crippen molar-refractivity contribution in [3.63, 3.8) is 0 Å². The van der Waals surface area contributed by atoms with Crippen molar-refractivity contribution in [3.05, 3.63) is 34.6 Å². The molecule has 0 bridgehead atoms. The van der Waals surface area contributed by atoms with Crippen LogP contribution in [0.4, 0.5) is 4.39 Å². The average Bonchev–Trinajstić information content (AvgIpc) is 2.44. The van der Waals surface area contributed by atoms with Gasteiger partial charge in [0.15, 0.2) is 5.78 Å². The number of nitrogens with zero attached hydrogens (tertiary/aromatic N) is 1. The van der Waals surface area contributed by atoms with Gasteiger partial charge in [-0.05, 0) is 51.4 Å². The SMILES string of the molecule is CC(C)(C(=O)Cc1cccc(F)c1Cl)N1CCCCC1. The van der Waals surface area contributed by atoms with E-state index >= 15 is 0 Å². The number of carbonyl (C=O) groups is 1. The number of hydrogen-bond donors (Lipinski definition) is 0. The number of piperidine rings is 1. The number of ketones is 1. The molecule has 1 aliphatic rings. The summed E-state index contributed by atoms with van der Waals surface area (Å²) in [6.07, 6.45) is 3.69. The summed E-state index contributed by atoms with van der Waals surface area (Å²) in [5.74, 6) is -0.375. The molecule has 0 spiro atoms. The Labute approximate surface area is 124 Å². The van der Waals surface area contributed by atoms with Crippen molar-refractivity contribution in [2.45, 2.75) is 45.1 Å². The first-order chi connectivity index (χ1) is 9.43. The molecule has 0 radical (unpaired) electrons. The molecular formula is C16H21ClFNO. The highest BCUT2D eigenvalue weighted by atomic mass is 35.5. The van der Waals surface area contributed by atoms with Crippen LogP contribution in [0.25, 0.3) is 0 Å². The molecule has 0 aromatic heterocycles. The van der Waals surface area contributed by atoms with Crippen LogP contribution in [-0.4, -0.2) is 29.3 Å². The molecule has 1 aromatic rings. The zero-order valence-electron chi connectivity index (χ0n) is 12.1. The van der Waals surface area contributed by atoms with Crippen LogP contribution in [0.3, 0.4) is 0 Å². The molecule has 0 unspecified atom stereocenters. The summed E-state index contributed by atoms with van der Waals surface area (Å²) in [6.45, 7) is 5.81. The largest absolute Gasteiger partial charge is 0.297 e. The zero-order valence-corrected chi connectivity index (χ0v) is 12.8. The predicted molar refractivity (Wildman–Crippen MR) is 79.6 cm³/mol. The fourth-order valence-corrected chi connectivity index (χ4v) is 2.90. The fourth-order valence-electron chi connectivity index (χ4n) is 2.70. The molecule has 0 saturated carbocycles. The lowest BCUT2D eigenvalue weighted by molar-refractivity contribution is -0.129. The Balaban J connectivity index is 2.12. The number of benzene rings is 1. The standard InChI is InChI=1S/C16H21ClFNO/c1-16(2,19-9-4-3-5-10-19)14(20)11-12-7-6-8-13(18)15(12)17/h6-8H,3-5,9-11H2,1-2H3. The first kappa shape index (κ1) is 15.5. The van der Waals surface area contributed by atoms with Gasteiger partial charge in [0.2, 0.25) is 0 Å². The Bertz CT molecular complexity index is 495. The van der Waals surface area contributed by atoms with E-state index in [4.69, 9.17) is 11.6 Å². The van der Waals surface area contributed by atoms with E-state index < -0.39 is 11.4 Å². The summed E-state index contributed by atoms with van der Waals surface area (Å²) in [4.78, 5) is 14.8. The molecule has 2 rings (SSSR count). The van der Waals surface area contributed by atoms with Crippen molar-refractivity contribution >= 4 is 17.4 Å². The number of likely N-dealkylation sites (tertiary alicyclic amines) is 1. The lowest BCUT2D eigenvalue weighted by Gasteiger charge is -2.39. The third-order valence-electron chi connectivity index (χ3n) is 4.21. The van der Waals surface area contributed by atoms with E-state index in [2.05, 4.69) is 4.90 Å². The molecule has 110 valence electrons. The second-order valence-electron chi connectivity index (χ2n) is 5.92. The highest BCUT2D eigenvalue weighted by Crippen LogP contribution is 2.26. The lowest BCUT2D eigenvalue weighted by atomic mass is 9.90. The molecule has 20 heavy (non-hydrogen) atoms. The number of carbonyl (C=O) groups excluding carboxylic acids is 1. The average molecular weight is 298 g/mol. The van der Waals surface area contributed by atoms with E-state index in [-0.39, 0.29) is 17.2 Å². The number of halogens is 2. The monoisotopic (exact) mass is 297 g/mol. The van der Waals surface area contributed by atoms with Crippen LogP contribution in [0.2, 0.25) is 5.02 Å². The minimum atomic E-state index is -0.518. The van der Waals surface area contributed by atoms with Crippen LogP contribution in [0, 0.1) is 5.82 Å². The minimum absolute atomic E-state index is 0.0651. The van der Waals surface area contributed by atoms with Crippen molar-refractivity contribution in [1.82, 2.24) is 4.90 Å². The highest BCUT2D eigenvalue weighted by molar-refractivity contribution is 6.31. The lowest BCUT2D eigenvalue weighted by Crippen LogP contribution is -2.52. The van der Waals surface area contributed by atoms with E-state index in [9.17, 15) is 9.18 Å². The summed E-state index contributed by atoms with van der Waals surface area (Å²) in [5.41, 5.74) is 0.0533. The van der Waals surface area contributed by atoms with Crippen LogP contribution < -0.4 is 0 Å². The predicted octanol–water partition coefficient (Wildman–Crippen LogP) is 3.86. The van der Waals surface area contributed by atoms with E-state index in [1.165, 1.54) is 12.5 Å². The van der Waals surface area contributed by atoms with Gasteiger partial charge in [0.05, 0.1) is 10.6 Å². The van der Waals surface area contributed by atoms with Gasteiger partial charge in [-0.1, -0.05) is 30.2 Å². The summed E-state index contributed by atoms with van der Waals surface area (Å²) in [7, 11) is 0. The molecule has 1 heterocycles. The second-order valence-corrected chi connectivity index (χ2v) is 6.30. The Kier molecular flexibility index (Phi) is 4.82. The molecule has 0 atom stereocenters. The quantitative estimate of drug-likeness (QED) is 0.841. The van der Waals surface area contributed by atoms with Gasteiger partial charge in [0, 0.05) is 6.42 Å². The van der Waals surface area contributed by atoms with Crippen molar-refractivity contribution in [3.8, 4) is 0 Å². The van der Waals surface area contributed by atoms with Crippen molar-refractivity contribution in [2.75, 3.05) is 13.1 Å². The summed E-state index contributed by atoms with van der Waals surface area (Å²) in [6, 6.07) is 4.62. The maximum absolute atomic E-state index is 13.4. The van der Waals surface area contributed by atoms with Gasteiger partial charge in [-0.3, -0.25) is 9.69 Å². The van der Waals surface area contributed by atoms with Gasteiger partial charge in [0.1, 0.15) is 5.82 Å². The molecule has 1 fully saturated rings. The number of hydrogen-bond acceptors (Lipinski definition) is 2. The van der Waals surface area contributed by atoms with Gasteiger partial charge >= 0.3 is 0 Å². The maximum atomic E-state index is 13.4. The molecule has 0 N–H and O–H groups in total. The van der Waals surface area contributed by atoms with Crippen LogP contribution in [0.5, 0.6) is 0 Å². The smallest absolute Gasteiger partial charge is 0.156 e. The Morgan fingerprint density at radius 3 is 2.60 bits per heavy atom. The molecule has 1 aromatic carbocycles. The second kappa shape index (κ2) is 6.23. The van der Waals surface area contributed by atoms with Gasteiger partial charge < -0.3 is 0 Å². The first-order valence-electron chi connectivity index (χ1n) is 7.14. The third kappa shape index (κ3) is 3.21. The van der Waals surface area contributed by atoms with Crippen molar-refractivity contribution in [2.24, 2.45) is 0 Å². The Morgan fingerprint density at radius 2 is 1.95 bits per heavy atom. The molecule has 4 heteroatoms. The van der Waals surface area contributed by atoms with Crippen LogP contribution in [0.1, 0.15) is 38.7 Å². The van der Waals surface area contributed by atoms with Crippen LogP contribution >= 0.6 is 11.6 Å². The van der Waals surface area contributed by atoms with Crippen LogP contribution in [0.15, 0.2) is 18.2 Å². The molecule has 2 nitrogen and oxygen atoms in total. The van der Waals surface area contributed by atoms with E-state index in [0.717, 1.165) is 25.9 Å². The summed E-state index contributed by atoms with van der Waals surface area (Å²) in [5, 5.41) is 0.0651. The Morgan fingerprint density at radius 1 is 1.30 bits per heavy atom. The van der Waals surface area contributed by atoms with E-state index in [1.54, 1.807) is 12.1 Å². The van der Waals surface area contributed by atoms with Gasteiger partial charge in [-0.2, -0.15) is 0 Å². The zero-order chi connectivity index (χ0) is 14.8. The van der Waals surface area contributed by atoms with Gasteiger partial charge in [-0.15, -0.1) is 0 Å². The van der Waals surface area contributed by atoms with E-state index in [0.29, 0.717) is 5.56 Å². The van der Waals surface area contributed by atoms with Gasteiger partial charge in [0.25, 0.3) is 0 Å². The first-order valence-corrected chi connectivity index (χ1v) is 7.52. The van der Waals surface area contributed by atoms with Gasteiger partial charge in [-0.25, -0.2) is 4.39 Å². The Hall–Kier alpha value is -0.930.